The van der Waals surface area contributed by atoms with Gasteiger partial charge in [-0.25, -0.2) is 0 Å². The molecule has 0 saturated carbocycles. The molecule has 0 aliphatic heterocycles. The quantitative estimate of drug-likeness (QED) is 0.459. The summed E-state index contributed by atoms with van der Waals surface area (Å²) < 4.78 is 10.4. The van der Waals surface area contributed by atoms with Crippen LogP contribution in [0.25, 0.3) is 0 Å². The fraction of sp³-hybridized carbons (Fsp3) is 0.917. The predicted molar refractivity (Wildman–Crippen MR) is 64.1 cm³/mol. The summed E-state index contributed by atoms with van der Waals surface area (Å²) in [6.07, 6.45) is 3.84. The number of nitrogens with two attached hydrogens (primary N) is 1. The number of ether oxygens (including phenoxy) is 2. The topological polar surface area (TPSA) is 61.5 Å². The van der Waals surface area contributed by atoms with E-state index in [1.165, 1.54) is 0 Å². The maximum Gasteiger partial charge on any atom is 0.308 e. The summed E-state index contributed by atoms with van der Waals surface area (Å²) in [5.41, 5.74) is 5.37. The molecule has 96 valence electrons. The molecule has 2 N–H and O–H groups in total. The molecule has 0 amide bonds. The Balaban J connectivity index is 3.35. The van der Waals surface area contributed by atoms with Crippen LogP contribution in [0, 0.1) is 5.92 Å². The number of hydrogen-bond donors (Lipinski definition) is 1. The lowest BCUT2D eigenvalue weighted by atomic mass is 10.1. The summed E-state index contributed by atoms with van der Waals surface area (Å²) in [7, 11) is 0. The zero-order chi connectivity index (χ0) is 12.2. The van der Waals surface area contributed by atoms with Gasteiger partial charge in [-0.3, -0.25) is 4.79 Å². The third kappa shape index (κ3) is 8.68. The van der Waals surface area contributed by atoms with Gasteiger partial charge in [0, 0.05) is 6.61 Å². The lowest BCUT2D eigenvalue weighted by Gasteiger charge is -2.10. The summed E-state index contributed by atoms with van der Waals surface area (Å²) in [6, 6.07) is 0. The van der Waals surface area contributed by atoms with Gasteiger partial charge in [-0.1, -0.05) is 20.3 Å². The Hall–Kier alpha value is -0.610. The first-order valence-electron chi connectivity index (χ1n) is 6.16. The van der Waals surface area contributed by atoms with E-state index in [1.54, 1.807) is 0 Å². The van der Waals surface area contributed by atoms with Crippen molar-refractivity contribution >= 4 is 5.97 Å². The third-order valence-corrected chi connectivity index (χ3v) is 2.36. The molecule has 0 aromatic heterocycles. The van der Waals surface area contributed by atoms with Gasteiger partial charge >= 0.3 is 5.97 Å². The molecule has 0 aliphatic rings. The van der Waals surface area contributed by atoms with Gasteiger partial charge in [0.2, 0.25) is 0 Å². The van der Waals surface area contributed by atoms with E-state index in [0.717, 1.165) is 32.3 Å². The molecule has 0 rings (SSSR count). The highest BCUT2D eigenvalue weighted by atomic mass is 16.6. The van der Waals surface area contributed by atoms with Crippen LogP contribution in [-0.2, 0) is 14.3 Å². The van der Waals surface area contributed by atoms with Crippen molar-refractivity contribution in [1.29, 1.82) is 0 Å². The first kappa shape index (κ1) is 15.4. The molecule has 0 aliphatic carbocycles. The van der Waals surface area contributed by atoms with Crippen molar-refractivity contribution in [2.75, 3.05) is 26.4 Å². The van der Waals surface area contributed by atoms with Crippen LogP contribution in [0.15, 0.2) is 0 Å². The van der Waals surface area contributed by atoms with Gasteiger partial charge in [0.05, 0.1) is 12.5 Å². The first-order chi connectivity index (χ1) is 7.72. The van der Waals surface area contributed by atoms with E-state index in [4.69, 9.17) is 15.2 Å². The maximum absolute atomic E-state index is 11.4. The zero-order valence-corrected chi connectivity index (χ0v) is 10.5. The second-order valence-electron chi connectivity index (χ2n) is 3.97. The number of unbranched alkanes of at least 4 members (excludes halogenated alkanes) is 1. The third-order valence-electron chi connectivity index (χ3n) is 2.36. The van der Waals surface area contributed by atoms with Crippen LogP contribution in [0.1, 0.15) is 39.5 Å². The molecule has 0 heterocycles. The monoisotopic (exact) mass is 231 g/mol. The fourth-order valence-electron chi connectivity index (χ4n) is 1.23. The average molecular weight is 231 g/mol. The van der Waals surface area contributed by atoms with E-state index in [2.05, 4.69) is 6.92 Å². The van der Waals surface area contributed by atoms with E-state index in [-0.39, 0.29) is 11.9 Å². The van der Waals surface area contributed by atoms with Crippen LogP contribution in [-0.4, -0.2) is 32.3 Å². The lowest BCUT2D eigenvalue weighted by Crippen LogP contribution is -2.18. The van der Waals surface area contributed by atoms with Gasteiger partial charge in [-0.15, -0.1) is 0 Å². The molecule has 4 nitrogen and oxygen atoms in total. The molecule has 0 spiro atoms. The molecule has 0 saturated heterocycles. The average Bonchev–Trinajstić information content (AvgIpc) is 2.30. The Kier molecular flexibility index (Phi) is 10.5. The Morgan fingerprint density at radius 3 is 2.62 bits per heavy atom. The van der Waals surface area contributed by atoms with Gasteiger partial charge in [0.25, 0.3) is 0 Å². The van der Waals surface area contributed by atoms with Gasteiger partial charge in [0.15, 0.2) is 0 Å². The molecular weight excluding hydrogens is 206 g/mol. The minimum absolute atomic E-state index is 0.0563. The summed E-state index contributed by atoms with van der Waals surface area (Å²) in [6.45, 7) is 6.21. The van der Waals surface area contributed by atoms with E-state index in [0.29, 0.717) is 19.8 Å². The standard InChI is InChI=1S/C12H25NO3/c1-3-4-8-15-9-10-16-12(14)11(2)6-5-7-13/h11H,3-10,13H2,1-2H3. The normalized spacial score (nSPS) is 12.4. The maximum atomic E-state index is 11.4. The highest BCUT2D eigenvalue weighted by molar-refractivity contribution is 5.71. The highest BCUT2D eigenvalue weighted by Gasteiger charge is 2.13. The Labute approximate surface area is 98.5 Å². The number of carbonyl (C=O) groups is 1. The van der Waals surface area contributed by atoms with Crippen molar-refractivity contribution < 1.29 is 14.3 Å². The van der Waals surface area contributed by atoms with E-state index in [9.17, 15) is 4.79 Å². The van der Waals surface area contributed by atoms with Crippen molar-refractivity contribution in [2.45, 2.75) is 39.5 Å². The fourth-order valence-corrected chi connectivity index (χ4v) is 1.23. The predicted octanol–water partition coefficient (Wildman–Crippen LogP) is 1.72. The molecule has 0 aromatic carbocycles. The van der Waals surface area contributed by atoms with Gasteiger partial charge < -0.3 is 15.2 Å². The Morgan fingerprint density at radius 1 is 1.25 bits per heavy atom. The Bertz CT molecular complexity index is 174. The highest BCUT2D eigenvalue weighted by Crippen LogP contribution is 2.06. The second-order valence-corrected chi connectivity index (χ2v) is 3.97. The molecule has 1 atom stereocenters. The van der Waals surface area contributed by atoms with Gasteiger partial charge in [-0.05, 0) is 25.8 Å². The largest absolute Gasteiger partial charge is 0.463 e. The van der Waals surface area contributed by atoms with E-state index < -0.39 is 0 Å². The van der Waals surface area contributed by atoms with E-state index >= 15 is 0 Å². The lowest BCUT2D eigenvalue weighted by molar-refractivity contribution is -0.149. The number of esters is 1. The van der Waals surface area contributed by atoms with Gasteiger partial charge in [-0.2, -0.15) is 0 Å². The van der Waals surface area contributed by atoms with E-state index in [1.807, 2.05) is 6.92 Å². The summed E-state index contributed by atoms with van der Waals surface area (Å²) >= 11 is 0. The number of hydrogen-bond acceptors (Lipinski definition) is 4. The SMILES string of the molecule is CCCCOCCOC(=O)C(C)CCCN. The van der Waals surface area contributed by atoms with Crippen LogP contribution < -0.4 is 5.73 Å². The Morgan fingerprint density at radius 2 is 2.00 bits per heavy atom. The van der Waals surface area contributed by atoms with Crippen LogP contribution in [0.5, 0.6) is 0 Å². The first-order valence-corrected chi connectivity index (χ1v) is 6.16. The van der Waals surface area contributed by atoms with Crippen LogP contribution >= 0.6 is 0 Å². The van der Waals surface area contributed by atoms with Crippen LogP contribution in [0.4, 0.5) is 0 Å². The van der Waals surface area contributed by atoms with Crippen molar-refractivity contribution in [3.63, 3.8) is 0 Å². The number of carbonyl (C=O) groups excluding carboxylic acids is 1. The molecule has 16 heavy (non-hydrogen) atoms. The van der Waals surface area contributed by atoms with Crippen LogP contribution in [0.2, 0.25) is 0 Å². The minimum Gasteiger partial charge on any atom is -0.463 e. The molecule has 0 aromatic rings. The molecule has 0 radical (unpaired) electrons. The molecule has 1 unspecified atom stereocenters. The smallest absolute Gasteiger partial charge is 0.308 e. The summed E-state index contributed by atoms with van der Waals surface area (Å²) in [5, 5.41) is 0. The molecular formula is C12H25NO3. The second kappa shape index (κ2) is 10.9. The molecule has 4 heteroatoms. The van der Waals surface area contributed by atoms with Crippen molar-refractivity contribution in [3.8, 4) is 0 Å². The molecule has 0 bridgehead atoms. The van der Waals surface area contributed by atoms with Crippen LogP contribution in [0.3, 0.4) is 0 Å². The van der Waals surface area contributed by atoms with Crippen molar-refractivity contribution in [2.24, 2.45) is 11.7 Å². The number of rotatable bonds is 10. The minimum atomic E-state index is -0.146. The van der Waals surface area contributed by atoms with Crippen molar-refractivity contribution in [1.82, 2.24) is 0 Å². The van der Waals surface area contributed by atoms with Gasteiger partial charge in [0.1, 0.15) is 6.61 Å². The molecule has 0 fully saturated rings. The summed E-state index contributed by atoms with van der Waals surface area (Å²) in [4.78, 5) is 11.4. The summed E-state index contributed by atoms with van der Waals surface area (Å²) in [5.74, 6) is -0.202. The van der Waals surface area contributed by atoms with Crippen molar-refractivity contribution in [3.05, 3.63) is 0 Å². The zero-order valence-electron chi connectivity index (χ0n) is 10.5.